The Morgan fingerprint density at radius 2 is 1.83 bits per heavy atom. The minimum atomic E-state index is -4.73. The second-order valence-electron chi connectivity index (χ2n) is 6.21. The van der Waals surface area contributed by atoms with Crippen LogP contribution in [0.1, 0.15) is 24.8 Å². The van der Waals surface area contributed by atoms with E-state index < -0.39 is 6.36 Å². The average Bonchev–Trinajstić information content (AvgIpc) is 3.19. The molecule has 1 atom stereocenters. The van der Waals surface area contributed by atoms with Gasteiger partial charge in [0.2, 0.25) is 6.08 Å². The first-order valence-corrected chi connectivity index (χ1v) is 8.81. The van der Waals surface area contributed by atoms with E-state index in [4.69, 9.17) is 0 Å². The number of halogens is 3. The van der Waals surface area contributed by atoms with Crippen LogP contribution in [0.5, 0.6) is 5.75 Å². The minimum Gasteiger partial charge on any atom is -0.406 e. The molecule has 0 saturated carbocycles. The molecule has 0 amide bonds. The van der Waals surface area contributed by atoms with Gasteiger partial charge in [-0.15, -0.1) is 18.3 Å². The summed E-state index contributed by atoms with van der Waals surface area (Å²) in [5.41, 5.74) is 2.39. The second kappa shape index (κ2) is 8.70. The quantitative estimate of drug-likeness (QED) is 0.426. The van der Waals surface area contributed by atoms with Crippen LogP contribution >= 0.6 is 0 Å². The number of hydrogen-bond donors (Lipinski definition) is 0. The topological polar surface area (TPSA) is 69.4 Å². The zero-order valence-corrected chi connectivity index (χ0v) is 15.4. The molecule has 6 nitrogen and oxygen atoms in total. The predicted octanol–water partition coefficient (Wildman–Crippen LogP) is 4.66. The van der Waals surface area contributed by atoms with E-state index in [0.717, 1.165) is 17.5 Å². The van der Waals surface area contributed by atoms with E-state index in [1.165, 1.54) is 35.3 Å². The van der Waals surface area contributed by atoms with E-state index in [9.17, 15) is 18.0 Å². The van der Waals surface area contributed by atoms with Crippen molar-refractivity contribution in [3.05, 3.63) is 60.4 Å². The Kier molecular flexibility index (Phi) is 6.09. The maximum Gasteiger partial charge on any atom is 0.573 e. The van der Waals surface area contributed by atoms with Crippen molar-refractivity contribution in [3.8, 4) is 22.8 Å². The SMILES string of the molecule is CCC(CN=C=O)c1ccc(-c2ncn(-c3ccc(OC(F)(F)F)cc3)n2)cc1. The molecule has 0 N–H and O–H groups in total. The van der Waals surface area contributed by atoms with Crippen LogP contribution in [0, 0.1) is 0 Å². The Morgan fingerprint density at radius 1 is 1.14 bits per heavy atom. The summed E-state index contributed by atoms with van der Waals surface area (Å²) >= 11 is 0. The highest BCUT2D eigenvalue weighted by molar-refractivity contribution is 5.55. The molecule has 0 saturated heterocycles. The lowest BCUT2D eigenvalue weighted by atomic mass is 9.95. The monoisotopic (exact) mass is 402 g/mol. The summed E-state index contributed by atoms with van der Waals surface area (Å²) in [7, 11) is 0. The fourth-order valence-corrected chi connectivity index (χ4v) is 2.84. The molecule has 3 rings (SSSR count). The number of nitrogens with zero attached hydrogens (tertiary/aromatic N) is 4. The normalized spacial score (nSPS) is 12.3. The largest absolute Gasteiger partial charge is 0.573 e. The third-order valence-corrected chi connectivity index (χ3v) is 4.34. The highest BCUT2D eigenvalue weighted by atomic mass is 19.4. The molecule has 2 aromatic carbocycles. The third-order valence-electron chi connectivity index (χ3n) is 4.34. The lowest BCUT2D eigenvalue weighted by Crippen LogP contribution is -2.17. The number of rotatable bonds is 7. The second-order valence-corrected chi connectivity index (χ2v) is 6.21. The molecule has 0 aliphatic heterocycles. The van der Waals surface area contributed by atoms with E-state index in [1.807, 2.05) is 31.2 Å². The number of isocyanates is 1. The van der Waals surface area contributed by atoms with Crippen molar-refractivity contribution < 1.29 is 22.7 Å². The van der Waals surface area contributed by atoms with Gasteiger partial charge in [0.1, 0.15) is 12.1 Å². The summed E-state index contributed by atoms with van der Waals surface area (Å²) in [6, 6.07) is 13.0. The summed E-state index contributed by atoms with van der Waals surface area (Å²) in [6.07, 6.45) is -0.849. The van der Waals surface area contributed by atoms with Gasteiger partial charge in [0.05, 0.1) is 12.2 Å². The van der Waals surface area contributed by atoms with Crippen LogP contribution in [0.3, 0.4) is 0 Å². The molecule has 0 bridgehead atoms. The number of hydrogen-bond acceptors (Lipinski definition) is 5. The van der Waals surface area contributed by atoms with Crippen molar-refractivity contribution in [2.45, 2.75) is 25.6 Å². The van der Waals surface area contributed by atoms with Gasteiger partial charge in [0, 0.05) is 11.5 Å². The molecule has 150 valence electrons. The zero-order valence-electron chi connectivity index (χ0n) is 15.4. The predicted molar refractivity (Wildman–Crippen MR) is 99.5 cm³/mol. The van der Waals surface area contributed by atoms with Crippen molar-refractivity contribution in [2.24, 2.45) is 4.99 Å². The van der Waals surface area contributed by atoms with E-state index in [1.54, 1.807) is 6.08 Å². The van der Waals surface area contributed by atoms with Gasteiger partial charge in [-0.1, -0.05) is 31.2 Å². The van der Waals surface area contributed by atoms with E-state index in [0.29, 0.717) is 18.1 Å². The van der Waals surface area contributed by atoms with Gasteiger partial charge in [-0.25, -0.2) is 19.5 Å². The van der Waals surface area contributed by atoms with Crippen molar-refractivity contribution in [1.29, 1.82) is 0 Å². The van der Waals surface area contributed by atoms with Crippen LogP contribution in [0.15, 0.2) is 59.9 Å². The third kappa shape index (κ3) is 5.30. The number of aliphatic imine (C=N–C) groups is 1. The highest BCUT2D eigenvalue weighted by Gasteiger charge is 2.31. The fraction of sp³-hybridized carbons (Fsp3) is 0.250. The number of alkyl halides is 3. The molecule has 9 heteroatoms. The highest BCUT2D eigenvalue weighted by Crippen LogP contribution is 2.25. The number of benzene rings is 2. The maximum absolute atomic E-state index is 12.2. The lowest BCUT2D eigenvalue weighted by Gasteiger charge is -2.12. The van der Waals surface area contributed by atoms with Gasteiger partial charge in [0.25, 0.3) is 0 Å². The maximum atomic E-state index is 12.2. The molecule has 1 heterocycles. The van der Waals surface area contributed by atoms with Gasteiger partial charge < -0.3 is 4.74 Å². The molecule has 0 aliphatic carbocycles. The van der Waals surface area contributed by atoms with Gasteiger partial charge >= 0.3 is 6.36 Å². The smallest absolute Gasteiger partial charge is 0.406 e. The summed E-state index contributed by atoms with van der Waals surface area (Å²) in [5, 5.41) is 4.37. The molecule has 3 aromatic rings. The van der Waals surface area contributed by atoms with E-state index >= 15 is 0 Å². The van der Waals surface area contributed by atoms with Gasteiger partial charge in [-0.05, 0) is 36.2 Å². The standard InChI is InChI=1S/C20H17F3N4O2/c1-2-14(11-24-13-28)15-3-5-16(6-4-15)19-25-12-27(26-19)17-7-9-18(10-8-17)29-20(21,22)23/h3-10,12,14H,2,11H2,1H3. The van der Waals surface area contributed by atoms with Gasteiger partial charge in [-0.2, -0.15) is 0 Å². The van der Waals surface area contributed by atoms with Crippen LogP contribution < -0.4 is 4.74 Å². The summed E-state index contributed by atoms with van der Waals surface area (Å²) < 4.78 is 42.1. The first kappa shape index (κ1) is 20.3. The molecule has 29 heavy (non-hydrogen) atoms. The molecule has 0 aliphatic rings. The Morgan fingerprint density at radius 3 is 2.41 bits per heavy atom. The Balaban J connectivity index is 1.75. The first-order valence-electron chi connectivity index (χ1n) is 8.81. The van der Waals surface area contributed by atoms with E-state index in [2.05, 4.69) is 19.8 Å². The van der Waals surface area contributed by atoms with Crippen LogP contribution in [-0.2, 0) is 4.79 Å². The van der Waals surface area contributed by atoms with Gasteiger partial charge in [-0.3, -0.25) is 0 Å². The zero-order chi connectivity index (χ0) is 20.9. The van der Waals surface area contributed by atoms with Crippen LogP contribution in [0.4, 0.5) is 13.2 Å². The molecule has 1 aromatic heterocycles. The Hall–Kier alpha value is -3.45. The molecule has 0 radical (unpaired) electrons. The molecule has 0 spiro atoms. The Labute approximate surface area is 164 Å². The summed E-state index contributed by atoms with van der Waals surface area (Å²) in [6.45, 7) is 2.41. The van der Waals surface area contributed by atoms with Crippen LogP contribution in [0.2, 0.25) is 0 Å². The minimum absolute atomic E-state index is 0.133. The lowest BCUT2D eigenvalue weighted by molar-refractivity contribution is -0.274. The number of carbonyl (C=O) groups excluding carboxylic acids is 1. The molecule has 0 fully saturated rings. The molecule has 1 unspecified atom stereocenters. The summed E-state index contributed by atoms with van der Waals surface area (Å²) in [4.78, 5) is 18.2. The number of aromatic nitrogens is 3. The van der Waals surface area contributed by atoms with Crippen LogP contribution in [0.25, 0.3) is 17.1 Å². The van der Waals surface area contributed by atoms with Gasteiger partial charge in [0.15, 0.2) is 5.82 Å². The molecular weight excluding hydrogens is 385 g/mol. The summed E-state index contributed by atoms with van der Waals surface area (Å²) in [5.74, 6) is 0.307. The molecular formula is C20H17F3N4O2. The van der Waals surface area contributed by atoms with Crippen molar-refractivity contribution in [3.63, 3.8) is 0 Å². The van der Waals surface area contributed by atoms with E-state index in [-0.39, 0.29) is 11.7 Å². The first-order chi connectivity index (χ1) is 13.9. The van der Waals surface area contributed by atoms with Crippen molar-refractivity contribution in [1.82, 2.24) is 14.8 Å². The average molecular weight is 402 g/mol. The number of ether oxygens (including phenoxy) is 1. The van der Waals surface area contributed by atoms with Crippen LogP contribution in [-0.4, -0.2) is 33.8 Å². The Bertz CT molecular complexity index is 992. The fourth-order valence-electron chi connectivity index (χ4n) is 2.84. The van der Waals surface area contributed by atoms with Crippen molar-refractivity contribution in [2.75, 3.05) is 6.54 Å². The van der Waals surface area contributed by atoms with Crippen molar-refractivity contribution >= 4 is 6.08 Å².